The molecule has 3 aromatic rings. The van der Waals surface area contributed by atoms with Crippen molar-refractivity contribution in [3.05, 3.63) is 28.4 Å². The SMILES string of the molecule is CC(C)[n+]1cc(NC(=O)c2sc3nc4c(cc3c2N)CCCCCC4)on1. The molecule has 1 amide bonds. The summed E-state index contributed by atoms with van der Waals surface area (Å²) in [7, 11) is 0. The number of rotatable bonds is 3. The van der Waals surface area contributed by atoms with Gasteiger partial charge in [0.2, 0.25) is 5.27 Å². The standard InChI is InChI=1S/C19H23N5O2S/c1-11(2)24-10-15(26-23-24)22-18(25)17-16(20)13-9-12-7-5-3-4-6-8-14(12)21-19(13)27-17/h9-11H,3-8H2,1-2H3,(H2-,20,22,23,25)/p+1. The van der Waals surface area contributed by atoms with Gasteiger partial charge in [0.15, 0.2) is 6.04 Å². The highest BCUT2D eigenvalue weighted by atomic mass is 32.1. The molecule has 142 valence electrons. The summed E-state index contributed by atoms with van der Waals surface area (Å²) < 4.78 is 6.81. The molecule has 0 radical (unpaired) electrons. The van der Waals surface area contributed by atoms with Crippen LogP contribution < -0.4 is 15.7 Å². The van der Waals surface area contributed by atoms with Crippen molar-refractivity contribution in [1.29, 1.82) is 0 Å². The number of pyridine rings is 1. The summed E-state index contributed by atoms with van der Waals surface area (Å²) in [5, 5.41) is 7.50. The third-order valence-corrected chi connectivity index (χ3v) is 6.07. The number of carbonyl (C=O) groups excluding carboxylic acids is 1. The molecule has 4 rings (SSSR count). The average molecular weight is 387 g/mol. The van der Waals surface area contributed by atoms with E-state index in [2.05, 4.69) is 16.7 Å². The molecule has 0 fully saturated rings. The molecule has 3 aromatic heterocycles. The lowest BCUT2D eigenvalue weighted by atomic mass is 9.96. The number of amides is 1. The van der Waals surface area contributed by atoms with Gasteiger partial charge < -0.3 is 5.73 Å². The summed E-state index contributed by atoms with van der Waals surface area (Å²) in [6, 6.07) is 2.28. The molecule has 7 nitrogen and oxygen atoms in total. The average Bonchev–Trinajstić information content (AvgIpc) is 3.20. The number of thiophene rings is 1. The highest BCUT2D eigenvalue weighted by molar-refractivity contribution is 7.21. The van der Waals surface area contributed by atoms with E-state index in [-0.39, 0.29) is 11.9 Å². The number of hydrogen-bond acceptors (Lipinski definition) is 6. The van der Waals surface area contributed by atoms with Crippen molar-refractivity contribution in [1.82, 2.24) is 10.3 Å². The van der Waals surface area contributed by atoms with Crippen molar-refractivity contribution in [2.24, 2.45) is 0 Å². The Kier molecular flexibility index (Phi) is 4.82. The molecule has 0 atom stereocenters. The lowest BCUT2D eigenvalue weighted by molar-refractivity contribution is -0.779. The predicted molar refractivity (Wildman–Crippen MR) is 105 cm³/mol. The number of nitrogens with one attached hydrogen (secondary N) is 1. The molecule has 0 aliphatic heterocycles. The van der Waals surface area contributed by atoms with E-state index in [0.717, 1.165) is 28.8 Å². The van der Waals surface area contributed by atoms with E-state index in [0.29, 0.717) is 16.4 Å². The molecule has 3 N–H and O–H groups in total. The largest absolute Gasteiger partial charge is 0.397 e. The number of fused-ring (bicyclic) bond motifs is 2. The van der Waals surface area contributed by atoms with Gasteiger partial charge in [-0.3, -0.25) is 14.6 Å². The van der Waals surface area contributed by atoms with Gasteiger partial charge in [-0.2, -0.15) is 0 Å². The molecule has 27 heavy (non-hydrogen) atoms. The Bertz CT molecular complexity index is 992. The van der Waals surface area contributed by atoms with Crippen LogP contribution in [0.1, 0.15) is 66.5 Å². The molecule has 3 heterocycles. The van der Waals surface area contributed by atoms with E-state index < -0.39 is 0 Å². The first kappa shape index (κ1) is 17.9. The number of anilines is 2. The Labute approximate surface area is 161 Å². The highest BCUT2D eigenvalue weighted by Gasteiger charge is 2.23. The van der Waals surface area contributed by atoms with Crippen LogP contribution in [0.2, 0.25) is 0 Å². The fraction of sp³-hybridized carbons (Fsp3) is 0.474. The van der Waals surface area contributed by atoms with Gasteiger partial charge in [0.05, 0.1) is 5.69 Å². The third-order valence-electron chi connectivity index (χ3n) is 4.95. The number of carbonyl (C=O) groups is 1. The second-order valence-corrected chi connectivity index (χ2v) is 8.30. The van der Waals surface area contributed by atoms with Crippen molar-refractivity contribution in [2.75, 3.05) is 11.1 Å². The van der Waals surface area contributed by atoms with Crippen molar-refractivity contribution in [2.45, 2.75) is 58.4 Å². The minimum absolute atomic E-state index is 0.150. The quantitative estimate of drug-likeness (QED) is 0.670. The highest BCUT2D eigenvalue weighted by Crippen LogP contribution is 2.35. The Morgan fingerprint density at radius 2 is 2.07 bits per heavy atom. The summed E-state index contributed by atoms with van der Waals surface area (Å²) in [5.41, 5.74) is 9.22. The summed E-state index contributed by atoms with van der Waals surface area (Å²) >= 11 is 1.33. The van der Waals surface area contributed by atoms with E-state index >= 15 is 0 Å². The van der Waals surface area contributed by atoms with E-state index in [1.165, 1.54) is 42.6 Å². The first-order valence-corrected chi connectivity index (χ1v) is 10.2. The topological polar surface area (TPSA) is 97.9 Å². The molecular formula is C19H24N5O2S+. The minimum Gasteiger partial charge on any atom is -0.397 e. The summed E-state index contributed by atoms with van der Waals surface area (Å²) in [5.74, 6) is 0.000701. The summed E-state index contributed by atoms with van der Waals surface area (Å²) in [6.07, 6.45) is 8.56. The maximum atomic E-state index is 12.7. The van der Waals surface area contributed by atoms with E-state index in [1.807, 2.05) is 13.8 Å². The molecule has 0 spiro atoms. The van der Waals surface area contributed by atoms with E-state index in [1.54, 1.807) is 10.9 Å². The summed E-state index contributed by atoms with van der Waals surface area (Å²) in [6.45, 7) is 3.96. The minimum atomic E-state index is -0.296. The third kappa shape index (κ3) is 3.53. The van der Waals surface area contributed by atoms with Crippen LogP contribution >= 0.6 is 11.3 Å². The van der Waals surface area contributed by atoms with Gasteiger partial charge >= 0.3 is 5.88 Å². The zero-order valence-electron chi connectivity index (χ0n) is 15.6. The fourth-order valence-corrected chi connectivity index (χ4v) is 4.40. The smallest absolute Gasteiger partial charge is 0.302 e. The van der Waals surface area contributed by atoms with Gasteiger partial charge in [0.25, 0.3) is 12.1 Å². The van der Waals surface area contributed by atoms with Gasteiger partial charge in [-0.05, 0) is 55.8 Å². The van der Waals surface area contributed by atoms with Gasteiger partial charge in [-0.25, -0.2) is 4.98 Å². The number of nitrogen functional groups attached to an aromatic ring is 1. The zero-order chi connectivity index (χ0) is 19.0. The Morgan fingerprint density at radius 3 is 2.81 bits per heavy atom. The Balaban J connectivity index is 1.64. The molecule has 0 aromatic carbocycles. The van der Waals surface area contributed by atoms with Crippen LogP contribution in [0.4, 0.5) is 11.6 Å². The van der Waals surface area contributed by atoms with Crippen molar-refractivity contribution < 1.29 is 14.0 Å². The summed E-state index contributed by atoms with van der Waals surface area (Å²) in [4.78, 5) is 18.8. The van der Waals surface area contributed by atoms with Gasteiger partial charge in [0, 0.05) is 11.1 Å². The predicted octanol–water partition coefficient (Wildman–Crippen LogP) is 3.65. The van der Waals surface area contributed by atoms with Crippen molar-refractivity contribution in [3.63, 3.8) is 0 Å². The number of hydrogen-bond donors (Lipinski definition) is 2. The van der Waals surface area contributed by atoms with Crippen molar-refractivity contribution in [3.8, 4) is 0 Å². The van der Waals surface area contributed by atoms with E-state index in [9.17, 15) is 4.79 Å². The number of aryl methyl sites for hydroxylation is 2. The monoisotopic (exact) mass is 386 g/mol. The lowest BCUT2D eigenvalue weighted by Gasteiger charge is -2.12. The molecule has 0 saturated heterocycles. The molecule has 0 unspecified atom stereocenters. The van der Waals surface area contributed by atoms with Crippen LogP contribution in [-0.4, -0.2) is 16.2 Å². The lowest BCUT2D eigenvalue weighted by Crippen LogP contribution is -2.36. The van der Waals surface area contributed by atoms with Crippen LogP contribution in [0.5, 0.6) is 0 Å². The second kappa shape index (κ2) is 7.26. The number of nitrogens with two attached hydrogens (primary N) is 1. The molecule has 0 bridgehead atoms. The second-order valence-electron chi connectivity index (χ2n) is 7.30. The number of aromatic nitrogens is 3. The Morgan fingerprint density at radius 1 is 1.30 bits per heavy atom. The first-order chi connectivity index (χ1) is 13.0. The van der Waals surface area contributed by atoms with Crippen molar-refractivity contribution >= 4 is 39.0 Å². The van der Waals surface area contributed by atoms with Gasteiger partial charge in [-0.15, -0.1) is 11.3 Å². The van der Waals surface area contributed by atoms with Crippen LogP contribution in [0, 0.1) is 0 Å². The first-order valence-electron chi connectivity index (χ1n) is 9.43. The van der Waals surface area contributed by atoms with Crippen LogP contribution in [0.25, 0.3) is 10.2 Å². The Hall–Kier alpha value is -2.48. The number of nitrogens with zero attached hydrogens (tertiary/aromatic N) is 3. The maximum absolute atomic E-state index is 12.7. The van der Waals surface area contributed by atoms with Crippen LogP contribution in [-0.2, 0) is 12.8 Å². The van der Waals surface area contributed by atoms with Gasteiger partial charge in [0.1, 0.15) is 9.71 Å². The van der Waals surface area contributed by atoms with Gasteiger partial charge in [-0.1, -0.05) is 12.8 Å². The molecule has 1 aliphatic rings. The molecule has 8 heteroatoms. The molecule has 1 aliphatic carbocycles. The van der Waals surface area contributed by atoms with Crippen LogP contribution in [0.3, 0.4) is 0 Å². The van der Waals surface area contributed by atoms with Crippen LogP contribution in [0.15, 0.2) is 16.8 Å². The fourth-order valence-electron chi connectivity index (χ4n) is 3.41. The maximum Gasteiger partial charge on any atom is 0.302 e. The normalized spacial score (nSPS) is 14.8. The zero-order valence-corrected chi connectivity index (χ0v) is 16.4. The molecular weight excluding hydrogens is 362 g/mol. The van der Waals surface area contributed by atoms with E-state index in [4.69, 9.17) is 15.2 Å². The molecule has 0 saturated carbocycles.